The minimum absolute atomic E-state index is 0.348. The van der Waals surface area contributed by atoms with E-state index in [0.717, 1.165) is 46.7 Å². The highest BCUT2D eigenvalue weighted by Gasteiger charge is 2.37. The molecule has 2 aliphatic rings. The Kier molecular flexibility index (Phi) is 4.62. The SMILES string of the molecule is Fc1ccc(-c2c(-c3ccncc3)nn3c(-c4ccc(N5C[C@@H]6C[C@H]5CN6)cc4)ccnc23)c2cn[nH]c12. The number of aromatic nitrogens is 6. The van der Waals surface area contributed by atoms with Gasteiger partial charge in [-0.3, -0.25) is 10.1 Å². The van der Waals surface area contributed by atoms with Crippen molar-refractivity contribution in [3.8, 4) is 33.6 Å². The van der Waals surface area contributed by atoms with Crippen LogP contribution < -0.4 is 10.2 Å². The van der Waals surface area contributed by atoms with Gasteiger partial charge in [0.15, 0.2) is 5.65 Å². The minimum atomic E-state index is -0.348. The van der Waals surface area contributed by atoms with Crippen molar-refractivity contribution in [1.82, 2.24) is 35.1 Å². The maximum atomic E-state index is 14.5. The second kappa shape index (κ2) is 8.19. The highest BCUT2D eigenvalue weighted by molar-refractivity contribution is 6.03. The topological polar surface area (TPSA) is 87.0 Å². The summed E-state index contributed by atoms with van der Waals surface area (Å²) < 4.78 is 16.4. The largest absolute Gasteiger partial charge is 0.366 e. The number of nitrogens with one attached hydrogen (secondary N) is 2. The second-order valence-corrected chi connectivity index (χ2v) is 9.97. The average molecular weight is 503 g/mol. The molecular weight excluding hydrogens is 479 g/mol. The van der Waals surface area contributed by atoms with Gasteiger partial charge in [-0.1, -0.05) is 18.2 Å². The molecule has 186 valence electrons. The lowest BCUT2D eigenvalue weighted by molar-refractivity contribution is 0.580. The second-order valence-electron chi connectivity index (χ2n) is 9.97. The molecule has 8 nitrogen and oxygen atoms in total. The van der Waals surface area contributed by atoms with Crippen LogP contribution in [0.3, 0.4) is 0 Å². The summed E-state index contributed by atoms with van der Waals surface area (Å²) in [7, 11) is 0. The summed E-state index contributed by atoms with van der Waals surface area (Å²) in [4.78, 5) is 11.4. The number of hydrogen-bond acceptors (Lipinski definition) is 6. The Labute approximate surface area is 217 Å². The molecule has 9 heteroatoms. The average Bonchev–Trinajstić information content (AvgIpc) is 3.77. The zero-order valence-corrected chi connectivity index (χ0v) is 20.3. The van der Waals surface area contributed by atoms with Crippen LogP contribution in [0.1, 0.15) is 6.42 Å². The highest BCUT2D eigenvalue weighted by atomic mass is 19.1. The summed E-state index contributed by atoms with van der Waals surface area (Å²) in [6.07, 6.45) is 8.16. The molecule has 6 heterocycles. The lowest BCUT2D eigenvalue weighted by Gasteiger charge is -2.29. The van der Waals surface area contributed by atoms with E-state index in [0.29, 0.717) is 28.6 Å². The van der Waals surface area contributed by atoms with Crippen molar-refractivity contribution < 1.29 is 4.39 Å². The van der Waals surface area contributed by atoms with Crippen LogP contribution in [0.2, 0.25) is 0 Å². The number of anilines is 1. The molecule has 2 bridgehead atoms. The fourth-order valence-corrected chi connectivity index (χ4v) is 6.04. The molecule has 2 fully saturated rings. The van der Waals surface area contributed by atoms with Gasteiger partial charge in [0.1, 0.15) is 17.0 Å². The predicted molar refractivity (Wildman–Crippen MR) is 144 cm³/mol. The van der Waals surface area contributed by atoms with E-state index in [4.69, 9.17) is 10.1 Å². The van der Waals surface area contributed by atoms with Gasteiger partial charge in [0, 0.05) is 66.0 Å². The Morgan fingerprint density at radius 3 is 2.58 bits per heavy atom. The van der Waals surface area contributed by atoms with Gasteiger partial charge in [-0.2, -0.15) is 10.2 Å². The molecule has 6 aromatic rings. The lowest BCUT2D eigenvalue weighted by atomic mass is 9.98. The first-order valence-corrected chi connectivity index (χ1v) is 12.7. The van der Waals surface area contributed by atoms with Gasteiger partial charge < -0.3 is 10.2 Å². The molecular formula is C29H23FN8. The Hall–Kier alpha value is -4.63. The number of halogens is 1. The van der Waals surface area contributed by atoms with Gasteiger partial charge in [0.05, 0.1) is 17.5 Å². The van der Waals surface area contributed by atoms with Crippen LogP contribution in [-0.4, -0.2) is 55.0 Å². The Morgan fingerprint density at radius 2 is 1.79 bits per heavy atom. The number of aromatic amines is 1. The fraction of sp³-hybridized carbons (Fsp3) is 0.172. The van der Waals surface area contributed by atoms with Gasteiger partial charge in [-0.15, -0.1) is 0 Å². The normalized spacial score (nSPS) is 18.7. The minimum Gasteiger partial charge on any atom is -0.366 e. The monoisotopic (exact) mass is 502 g/mol. The van der Waals surface area contributed by atoms with E-state index in [9.17, 15) is 4.39 Å². The summed E-state index contributed by atoms with van der Waals surface area (Å²) in [6.45, 7) is 2.11. The van der Waals surface area contributed by atoms with Crippen molar-refractivity contribution in [2.24, 2.45) is 0 Å². The molecule has 2 aliphatic heterocycles. The number of rotatable bonds is 4. The van der Waals surface area contributed by atoms with E-state index in [1.54, 1.807) is 30.9 Å². The molecule has 2 N–H and O–H groups in total. The first-order chi connectivity index (χ1) is 18.7. The van der Waals surface area contributed by atoms with Crippen LogP contribution in [0.15, 0.2) is 79.4 Å². The molecule has 0 radical (unpaired) electrons. The van der Waals surface area contributed by atoms with Crippen LogP contribution in [0.5, 0.6) is 0 Å². The summed E-state index contributed by atoms with van der Waals surface area (Å²) in [6, 6.07) is 18.9. The number of pyridine rings is 1. The molecule has 2 saturated heterocycles. The molecule has 0 unspecified atom stereocenters. The van der Waals surface area contributed by atoms with Crippen LogP contribution in [0, 0.1) is 5.82 Å². The summed E-state index contributed by atoms with van der Waals surface area (Å²) in [5, 5.41) is 16.2. The molecule has 0 amide bonds. The number of nitrogens with zero attached hydrogens (tertiary/aromatic N) is 6. The Morgan fingerprint density at radius 1 is 0.921 bits per heavy atom. The van der Waals surface area contributed by atoms with Gasteiger partial charge in [-0.05, 0) is 48.4 Å². The van der Waals surface area contributed by atoms with Crippen molar-refractivity contribution in [2.45, 2.75) is 18.5 Å². The van der Waals surface area contributed by atoms with Crippen molar-refractivity contribution in [2.75, 3.05) is 18.0 Å². The molecule has 0 spiro atoms. The summed E-state index contributed by atoms with van der Waals surface area (Å²) >= 11 is 0. The van der Waals surface area contributed by atoms with E-state index in [-0.39, 0.29) is 5.82 Å². The maximum absolute atomic E-state index is 14.5. The first kappa shape index (κ1) is 21.5. The van der Waals surface area contributed by atoms with Gasteiger partial charge in [-0.25, -0.2) is 13.9 Å². The van der Waals surface area contributed by atoms with Gasteiger partial charge in [0.25, 0.3) is 0 Å². The maximum Gasteiger partial charge on any atom is 0.164 e. The number of piperazine rings is 1. The highest BCUT2D eigenvalue weighted by Crippen LogP contribution is 2.39. The molecule has 2 aromatic carbocycles. The van der Waals surface area contributed by atoms with Crippen LogP contribution in [0.25, 0.3) is 50.2 Å². The molecule has 4 aromatic heterocycles. The standard InChI is InChI=1S/C29H23FN8/c30-24-6-5-22(23-15-34-35-28(23)24)26-27(18-7-10-31-11-8-18)36-38-25(9-12-32-29(26)38)17-1-3-20(4-2-17)37-16-19-13-21(37)14-33-19/h1-12,15,19,21,33H,13-14,16H2,(H,34,35)/t19-,21-/m0/s1. The Bertz CT molecular complexity index is 1810. The third-order valence-corrected chi connectivity index (χ3v) is 7.86. The lowest BCUT2D eigenvalue weighted by Crippen LogP contribution is -2.43. The van der Waals surface area contributed by atoms with Crippen LogP contribution in [0.4, 0.5) is 10.1 Å². The zero-order valence-electron chi connectivity index (χ0n) is 20.3. The number of hydrogen-bond donors (Lipinski definition) is 2. The zero-order chi connectivity index (χ0) is 25.2. The van der Waals surface area contributed by atoms with E-state index in [1.807, 2.05) is 22.7 Å². The van der Waals surface area contributed by atoms with Gasteiger partial charge in [0.2, 0.25) is 0 Å². The van der Waals surface area contributed by atoms with Crippen molar-refractivity contribution in [3.63, 3.8) is 0 Å². The molecule has 0 aliphatic carbocycles. The van der Waals surface area contributed by atoms with Crippen molar-refractivity contribution >= 4 is 22.2 Å². The number of H-pyrrole nitrogens is 1. The first-order valence-electron chi connectivity index (χ1n) is 12.7. The molecule has 38 heavy (non-hydrogen) atoms. The summed E-state index contributed by atoms with van der Waals surface area (Å²) in [5.74, 6) is -0.348. The Balaban J connectivity index is 1.31. The number of benzene rings is 2. The fourth-order valence-electron chi connectivity index (χ4n) is 6.04. The van der Waals surface area contributed by atoms with E-state index in [2.05, 4.69) is 49.7 Å². The van der Waals surface area contributed by atoms with E-state index in [1.165, 1.54) is 18.2 Å². The molecule has 2 atom stereocenters. The third-order valence-electron chi connectivity index (χ3n) is 7.86. The molecule has 0 saturated carbocycles. The number of fused-ring (bicyclic) bond motifs is 4. The van der Waals surface area contributed by atoms with Crippen molar-refractivity contribution in [1.29, 1.82) is 0 Å². The third kappa shape index (κ3) is 3.18. The van der Waals surface area contributed by atoms with Gasteiger partial charge >= 0.3 is 0 Å². The van der Waals surface area contributed by atoms with Crippen LogP contribution in [-0.2, 0) is 0 Å². The quantitative estimate of drug-likeness (QED) is 0.364. The van der Waals surface area contributed by atoms with Crippen molar-refractivity contribution in [3.05, 3.63) is 85.2 Å². The summed E-state index contributed by atoms with van der Waals surface area (Å²) in [5.41, 5.74) is 7.57. The smallest absolute Gasteiger partial charge is 0.164 e. The molecule has 8 rings (SSSR count). The van der Waals surface area contributed by atoms with E-state index >= 15 is 0 Å². The van der Waals surface area contributed by atoms with E-state index < -0.39 is 0 Å². The van der Waals surface area contributed by atoms with Crippen LogP contribution >= 0.6 is 0 Å². The predicted octanol–water partition coefficient (Wildman–Crippen LogP) is 4.69.